The predicted molar refractivity (Wildman–Crippen MR) is 105 cm³/mol. The van der Waals surface area contributed by atoms with Crippen molar-refractivity contribution in [1.82, 2.24) is 4.72 Å². The number of benzene rings is 2. The molecule has 2 rings (SSSR count). The second-order valence-corrected chi connectivity index (χ2v) is 9.02. The van der Waals surface area contributed by atoms with Crippen LogP contribution < -0.4 is 10.5 Å². The third-order valence-electron chi connectivity index (χ3n) is 4.41. The summed E-state index contributed by atoms with van der Waals surface area (Å²) >= 11 is 0. The van der Waals surface area contributed by atoms with Crippen molar-refractivity contribution in [1.29, 1.82) is 0 Å². The van der Waals surface area contributed by atoms with Crippen LogP contribution in [-0.4, -0.2) is 26.8 Å². The quantitative estimate of drug-likeness (QED) is 0.759. The molecule has 0 unspecified atom stereocenters. The van der Waals surface area contributed by atoms with Crippen LogP contribution in [0.15, 0.2) is 48.5 Å². The van der Waals surface area contributed by atoms with Gasteiger partial charge in [-0.25, -0.2) is 13.1 Å². The van der Waals surface area contributed by atoms with E-state index in [1.54, 1.807) is 13.8 Å². The lowest BCUT2D eigenvalue weighted by Crippen LogP contribution is -2.33. The molecule has 2 aromatic rings. The third-order valence-corrected chi connectivity index (χ3v) is 6.22. The van der Waals surface area contributed by atoms with Crippen molar-refractivity contribution >= 4 is 10.0 Å². The lowest BCUT2D eigenvalue weighted by atomic mass is 9.97. The number of hydrogen-bond acceptors (Lipinski definition) is 3. The summed E-state index contributed by atoms with van der Waals surface area (Å²) in [5.74, 6) is 0.120. The summed E-state index contributed by atoms with van der Waals surface area (Å²) in [6.07, 6.45) is 0.892. The Morgan fingerprint density at radius 1 is 0.920 bits per heavy atom. The molecular formula is C20H28N2O2S. The van der Waals surface area contributed by atoms with Gasteiger partial charge < -0.3 is 5.73 Å². The second-order valence-electron chi connectivity index (χ2n) is 6.70. The van der Waals surface area contributed by atoms with E-state index in [1.807, 2.05) is 6.92 Å². The molecule has 0 heterocycles. The standard InChI is InChI=1S/C20H28N2O2S/c1-15(2)25(23,24)22-14-16(3)18-8-10-20(11-9-18)19-6-4-17(5-7-19)12-13-21/h4-11,15-16,22H,12-14,21H2,1-3H3/t16-/m0/s1. The lowest BCUT2D eigenvalue weighted by molar-refractivity contribution is 0.566. The molecule has 0 bridgehead atoms. The molecular weight excluding hydrogens is 332 g/mol. The van der Waals surface area contributed by atoms with Crippen LogP contribution in [0.5, 0.6) is 0 Å². The highest BCUT2D eigenvalue weighted by Gasteiger charge is 2.17. The van der Waals surface area contributed by atoms with Gasteiger partial charge in [-0.3, -0.25) is 0 Å². The topological polar surface area (TPSA) is 72.2 Å². The van der Waals surface area contributed by atoms with Gasteiger partial charge in [0.05, 0.1) is 5.25 Å². The van der Waals surface area contributed by atoms with Gasteiger partial charge in [-0.05, 0) is 55.0 Å². The fourth-order valence-electron chi connectivity index (χ4n) is 2.56. The SMILES string of the molecule is CC(C)S(=O)(=O)NC[C@H](C)c1ccc(-c2ccc(CCN)cc2)cc1. The Bertz CT molecular complexity index is 766. The number of nitrogens with one attached hydrogen (secondary N) is 1. The molecule has 5 heteroatoms. The van der Waals surface area contributed by atoms with E-state index >= 15 is 0 Å². The number of hydrogen-bond donors (Lipinski definition) is 2. The van der Waals surface area contributed by atoms with Gasteiger partial charge in [-0.15, -0.1) is 0 Å². The highest BCUT2D eigenvalue weighted by Crippen LogP contribution is 2.23. The van der Waals surface area contributed by atoms with Crippen molar-refractivity contribution in [2.45, 2.75) is 38.4 Å². The Labute approximate surface area is 151 Å². The molecule has 0 aliphatic carbocycles. The number of nitrogens with two attached hydrogens (primary N) is 1. The van der Waals surface area contributed by atoms with E-state index in [2.05, 4.69) is 53.3 Å². The maximum atomic E-state index is 11.9. The first-order valence-corrected chi connectivity index (χ1v) is 10.3. The van der Waals surface area contributed by atoms with E-state index in [0.29, 0.717) is 13.1 Å². The smallest absolute Gasteiger partial charge is 0.213 e. The van der Waals surface area contributed by atoms with E-state index < -0.39 is 15.3 Å². The highest BCUT2D eigenvalue weighted by atomic mass is 32.2. The minimum Gasteiger partial charge on any atom is -0.330 e. The Morgan fingerprint density at radius 2 is 1.44 bits per heavy atom. The van der Waals surface area contributed by atoms with Crippen LogP contribution in [0.1, 0.15) is 37.8 Å². The second kappa shape index (κ2) is 8.61. The maximum Gasteiger partial charge on any atom is 0.213 e. The average molecular weight is 361 g/mol. The molecule has 0 spiro atoms. The predicted octanol–water partition coefficient (Wildman–Crippen LogP) is 3.29. The van der Waals surface area contributed by atoms with Crippen LogP contribution in [0.4, 0.5) is 0 Å². The zero-order valence-corrected chi connectivity index (χ0v) is 16.0. The molecule has 0 fully saturated rings. The molecule has 3 N–H and O–H groups in total. The summed E-state index contributed by atoms with van der Waals surface area (Å²) in [7, 11) is -3.22. The molecule has 136 valence electrons. The van der Waals surface area contributed by atoms with Gasteiger partial charge in [0.15, 0.2) is 0 Å². The largest absolute Gasteiger partial charge is 0.330 e. The van der Waals surface area contributed by atoms with Crippen molar-refractivity contribution in [3.05, 3.63) is 59.7 Å². The zero-order valence-electron chi connectivity index (χ0n) is 15.2. The van der Waals surface area contributed by atoms with Gasteiger partial charge in [-0.2, -0.15) is 0 Å². The minimum atomic E-state index is -3.22. The fourth-order valence-corrected chi connectivity index (χ4v) is 3.38. The van der Waals surface area contributed by atoms with Crippen LogP contribution in [0.25, 0.3) is 11.1 Å². The van der Waals surface area contributed by atoms with Gasteiger partial charge in [0.2, 0.25) is 10.0 Å². The van der Waals surface area contributed by atoms with Gasteiger partial charge in [-0.1, -0.05) is 55.5 Å². The Kier molecular flexibility index (Phi) is 6.76. The molecule has 0 aliphatic rings. The lowest BCUT2D eigenvalue weighted by Gasteiger charge is -2.15. The molecule has 0 aromatic heterocycles. The third kappa shape index (κ3) is 5.39. The molecule has 0 saturated heterocycles. The van der Waals surface area contributed by atoms with Gasteiger partial charge >= 0.3 is 0 Å². The number of sulfonamides is 1. The van der Waals surface area contributed by atoms with Crippen LogP contribution in [0.3, 0.4) is 0 Å². The van der Waals surface area contributed by atoms with E-state index in [9.17, 15) is 8.42 Å². The average Bonchev–Trinajstić information content (AvgIpc) is 2.61. The number of rotatable bonds is 8. The molecule has 4 nitrogen and oxygen atoms in total. The summed E-state index contributed by atoms with van der Waals surface area (Å²) in [5.41, 5.74) is 10.3. The molecule has 0 saturated carbocycles. The Balaban J connectivity index is 2.03. The van der Waals surface area contributed by atoms with Crippen molar-refractivity contribution in [2.75, 3.05) is 13.1 Å². The molecule has 0 aliphatic heterocycles. The van der Waals surface area contributed by atoms with Crippen LogP contribution in [-0.2, 0) is 16.4 Å². The summed E-state index contributed by atoms with van der Waals surface area (Å²) in [5, 5.41) is -0.413. The van der Waals surface area contributed by atoms with Crippen LogP contribution >= 0.6 is 0 Å². The monoisotopic (exact) mass is 360 g/mol. The van der Waals surface area contributed by atoms with E-state index in [4.69, 9.17) is 5.73 Å². The fraction of sp³-hybridized carbons (Fsp3) is 0.400. The van der Waals surface area contributed by atoms with Crippen LogP contribution in [0.2, 0.25) is 0 Å². The molecule has 25 heavy (non-hydrogen) atoms. The van der Waals surface area contributed by atoms with Crippen molar-refractivity contribution in [3.8, 4) is 11.1 Å². The Morgan fingerprint density at radius 3 is 1.92 bits per heavy atom. The van der Waals surface area contributed by atoms with Crippen molar-refractivity contribution in [2.24, 2.45) is 5.73 Å². The van der Waals surface area contributed by atoms with E-state index in [0.717, 1.165) is 17.5 Å². The van der Waals surface area contributed by atoms with E-state index in [1.165, 1.54) is 11.1 Å². The first-order valence-electron chi connectivity index (χ1n) is 8.71. The van der Waals surface area contributed by atoms with Gasteiger partial charge in [0.25, 0.3) is 0 Å². The summed E-state index contributed by atoms with van der Waals surface area (Å²) in [6, 6.07) is 16.7. The minimum absolute atomic E-state index is 0.120. The van der Waals surface area contributed by atoms with Gasteiger partial charge in [0, 0.05) is 6.54 Å². The normalized spacial score (nSPS) is 13.2. The molecule has 0 amide bonds. The molecule has 1 atom stereocenters. The van der Waals surface area contributed by atoms with Crippen LogP contribution in [0, 0.1) is 0 Å². The summed E-state index contributed by atoms with van der Waals surface area (Å²) < 4.78 is 26.4. The molecule has 2 aromatic carbocycles. The first kappa shape index (κ1) is 19.6. The summed E-state index contributed by atoms with van der Waals surface area (Å²) in [6.45, 7) is 6.46. The van der Waals surface area contributed by atoms with Gasteiger partial charge in [0.1, 0.15) is 0 Å². The first-order chi connectivity index (χ1) is 11.8. The van der Waals surface area contributed by atoms with E-state index in [-0.39, 0.29) is 5.92 Å². The zero-order chi connectivity index (χ0) is 18.4. The van der Waals surface area contributed by atoms with Crippen molar-refractivity contribution < 1.29 is 8.42 Å². The highest BCUT2D eigenvalue weighted by molar-refractivity contribution is 7.90. The Hall–Kier alpha value is -1.69. The molecule has 0 radical (unpaired) electrons. The maximum absolute atomic E-state index is 11.9. The summed E-state index contributed by atoms with van der Waals surface area (Å²) in [4.78, 5) is 0. The van der Waals surface area contributed by atoms with Crippen molar-refractivity contribution in [3.63, 3.8) is 0 Å².